The van der Waals surface area contributed by atoms with E-state index in [0.29, 0.717) is 5.33 Å². The normalized spacial score (nSPS) is 11.7. The molecule has 5 heteroatoms. The van der Waals surface area contributed by atoms with Crippen molar-refractivity contribution in [2.24, 2.45) is 0 Å². The Bertz CT molecular complexity index is 129. The molecule has 0 aliphatic heterocycles. The van der Waals surface area contributed by atoms with Crippen LogP contribution in [0.1, 0.15) is 0 Å². The van der Waals surface area contributed by atoms with Crippen molar-refractivity contribution in [3.8, 4) is 0 Å². The van der Waals surface area contributed by atoms with Gasteiger partial charge in [-0.3, -0.25) is 0 Å². The van der Waals surface area contributed by atoms with Gasteiger partial charge in [0, 0.05) is 5.33 Å². The van der Waals surface area contributed by atoms with Crippen LogP contribution >= 0.6 is 15.9 Å². The van der Waals surface area contributed by atoms with Gasteiger partial charge < -0.3 is 0 Å². The number of hydrogen-bond donors (Lipinski definition) is 0. The first kappa shape index (κ1) is 7.39. The monoisotopic (exact) mass is 186 g/mol. The quantitative estimate of drug-likeness (QED) is 0.571. The van der Waals surface area contributed by atoms with Crippen LogP contribution in [0, 0.1) is 0 Å². The lowest BCUT2D eigenvalue weighted by Crippen LogP contribution is -2.06. The molecule has 43 valence electrons. The van der Waals surface area contributed by atoms with Crippen molar-refractivity contribution in [2.75, 3.05) is 11.1 Å². The van der Waals surface area contributed by atoms with E-state index in [2.05, 4.69) is 15.9 Å². The molecule has 0 bridgehead atoms. The Morgan fingerprint density at radius 2 is 2.00 bits per heavy atom. The molecule has 0 amide bonds. The van der Waals surface area contributed by atoms with Gasteiger partial charge in [0.15, 0.2) is 0 Å². The summed E-state index contributed by atoms with van der Waals surface area (Å²) in [5, 5.41) is 6.62. The van der Waals surface area contributed by atoms with Gasteiger partial charge in [-0.15, -0.1) is 5.14 Å². The van der Waals surface area contributed by atoms with Crippen LogP contribution in [0.15, 0.2) is 0 Å². The summed E-state index contributed by atoms with van der Waals surface area (Å²) in [5.74, 6) is -0.104. The third-order valence-electron chi connectivity index (χ3n) is 0.346. The molecular weight excluding hydrogens is 182 g/mol. The molecule has 0 rings (SSSR count). The van der Waals surface area contributed by atoms with Gasteiger partial charge in [-0.05, 0) is 0 Å². The first-order valence-electron chi connectivity index (χ1n) is 1.59. The highest BCUT2D eigenvalue weighted by Gasteiger charge is 1.98. The van der Waals surface area contributed by atoms with E-state index in [1.807, 2.05) is 0 Å². The standard InChI is InChI=1S/C2H5BrNO2S/c3-1-2-7(4,5)6/h4H,1-2H2. The Kier molecular flexibility index (Phi) is 2.78. The predicted octanol–water partition coefficient (Wildman–Crippen LogP) is -0.00600. The van der Waals surface area contributed by atoms with Gasteiger partial charge in [0.2, 0.25) is 10.0 Å². The molecule has 3 nitrogen and oxygen atoms in total. The number of alkyl halides is 1. The van der Waals surface area contributed by atoms with E-state index < -0.39 is 10.0 Å². The molecule has 0 fully saturated rings. The van der Waals surface area contributed by atoms with Gasteiger partial charge in [-0.1, -0.05) is 15.9 Å². The Labute approximate surface area is 51.1 Å². The molecule has 0 unspecified atom stereocenters. The second-order valence-corrected chi connectivity index (χ2v) is 3.44. The Balaban J connectivity index is 3.60. The summed E-state index contributed by atoms with van der Waals surface area (Å²) in [6.45, 7) is 0. The van der Waals surface area contributed by atoms with E-state index in [0.717, 1.165) is 0 Å². The number of nitrogens with one attached hydrogen (secondary N) is 1. The first-order valence-corrected chi connectivity index (χ1v) is 4.37. The summed E-state index contributed by atoms with van der Waals surface area (Å²) in [7, 11) is -3.47. The van der Waals surface area contributed by atoms with Gasteiger partial charge in [-0.2, -0.15) is 0 Å². The Morgan fingerprint density at radius 3 is 2.00 bits per heavy atom. The van der Waals surface area contributed by atoms with E-state index in [4.69, 9.17) is 5.14 Å². The van der Waals surface area contributed by atoms with Gasteiger partial charge in [0.05, 0.1) is 5.75 Å². The van der Waals surface area contributed by atoms with Crippen molar-refractivity contribution in [3.05, 3.63) is 0 Å². The highest BCUT2D eigenvalue weighted by molar-refractivity contribution is 9.09. The van der Waals surface area contributed by atoms with Crippen molar-refractivity contribution in [2.45, 2.75) is 0 Å². The third kappa shape index (κ3) is 6.39. The van der Waals surface area contributed by atoms with Gasteiger partial charge in [0.1, 0.15) is 0 Å². The average Bonchev–Trinajstić information content (AvgIpc) is 1.30. The fraction of sp³-hybridized carbons (Fsp3) is 1.00. The third-order valence-corrected chi connectivity index (χ3v) is 2.01. The Morgan fingerprint density at radius 1 is 1.57 bits per heavy atom. The van der Waals surface area contributed by atoms with Gasteiger partial charge in [0.25, 0.3) is 0 Å². The summed E-state index contributed by atoms with van der Waals surface area (Å²) < 4.78 is 19.7. The maximum atomic E-state index is 9.87. The number of halogens is 1. The van der Waals surface area contributed by atoms with Crippen LogP contribution in [0.2, 0.25) is 0 Å². The highest BCUT2D eigenvalue weighted by atomic mass is 79.9. The van der Waals surface area contributed by atoms with E-state index >= 15 is 0 Å². The lowest BCUT2D eigenvalue weighted by Gasteiger charge is -1.84. The lowest BCUT2D eigenvalue weighted by molar-refractivity contribution is 0.598. The van der Waals surface area contributed by atoms with E-state index in [1.54, 1.807) is 0 Å². The van der Waals surface area contributed by atoms with Crippen molar-refractivity contribution in [1.82, 2.24) is 5.14 Å². The Hall–Kier alpha value is 0.390. The number of rotatable bonds is 2. The molecule has 0 atom stereocenters. The molecule has 0 saturated carbocycles. The highest BCUT2D eigenvalue weighted by Crippen LogP contribution is 1.84. The molecule has 0 aliphatic carbocycles. The van der Waals surface area contributed by atoms with Gasteiger partial charge >= 0.3 is 0 Å². The molecule has 0 aromatic carbocycles. The molecule has 1 radical (unpaired) electrons. The first-order chi connectivity index (χ1) is 3.06. The summed E-state index contributed by atoms with van der Waals surface area (Å²) in [6, 6.07) is 0. The maximum absolute atomic E-state index is 9.87. The fourth-order valence-electron chi connectivity index (χ4n) is 0.102. The van der Waals surface area contributed by atoms with Crippen molar-refractivity contribution in [1.29, 1.82) is 0 Å². The van der Waals surface area contributed by atoms with E-state index in [-0.39, 0.29) is 5.75 Å². The number of sulfonamides is 1. The zero-order chi connectivity index (χ0) is 5.91. The average molecular weight is 187 g/mol. The molecule has 1 N–H and O–H groups in total. The van der Waals surface area contributed by atoms with Crippen LogP contribution in [-0.2, 0) is 10.0 Å². The summed E-state index contributed by atoms with van der Waals surface area (Å²) in [5.41, 5.74) is 0. The SMILES string of the molecule is [NH]S(=O)(=O)CCBr. The molecule has 0 aromatic rings. The largest absolute Gasteiger partial charge is 0.225 e. The molecule has 0 aliphatic rings. The molecule has 0 saturated heterocycles. The molecule has 7 heavy (non-hydrogen) atoms. The lowest BCUT2D eigenvalue weighted by atomic mass is 11.0. The number of hydrogen-bond acceptors (Lipinski definition) is 2. The molecule has 0 heterocycles. The minimum Gasteiger partial charge on any atom is -0.211 e. The second-order valence-electron chi connectivity index (χ2n) is 1.01. The van der Waals surface area contributed by atoms with Crippen LogP contribution in [0.3, 0.4) is 0 Å². The van der Waals surface area contributed by atoms with E-state index in [9.17, 15) is 8.42 Å². The minimum absolute atomic E-state index is 0.104. The van der Waals surface area contributed by atoms with Crippen LogP contribution in [0.5, 0.6) is 0 Å². The topological polar surface area (TPSA) is 57.9 Å². The second kappa shape index (κ2) is 2.64. The maximum Gasteiger partial charge on any atom is 0.225 e. The summed E-state index contributed by atoms with van der Waals surface area (Å²) >= 11 is 2.89. The van der Waals surface area contributed by atoms with Crippen LogP contribution < -0.4 is 5.14 Å². The van der Waals surface area contributed by atoms with Crippen LogP contribution in [0.25, 0.3) is 0 Å². The van der Waals surface area contributed by atoms with Crippen molar-refractivity contribution >= 4 is 26.0 Å². The zero-order valence-corrected chi connectivity index (χ0v) is 5.92. The van der Waals surface area contributed by atoms with Gasteiger partial charge in [-0.25, -0.2) is 8.42 Å². The zero-order valence-electron chi connectivity index (χ0n) is 3.52. The summed E-state index contributed by atoms with van der Waals surface area (Å²) in [6.07, 6.45) is 0. The molecule has 0 aromatic heterocycles. The fourth-order valence-corrected chi connectivity index (χ4v) is 1.58. The predicted molar refractivity (Wildman–Crippen MR) is 30.7 cm³/mol. The molecule has 0 spiro atoms. The van der Waals surface area contributed by atoms with Crippen molar-refractivity contribution in [3.63, 3.8) is 0 Å². The van der Waals surface area contributed by atoms with Crippen LogP contribution in [0.4, 0.5) is 0 Å². The van der Waals surface area contributed by atoms with E-state index in [1.165, 1.54) is 0 Å². The molecular formula is C2H5BrNO2S. The smallest absolute Gasteiger partial charge is 0.211 e. The summed E-state index contributed by atoms with van der Waals surface area (Å²) in [4.78, 5) is 0. The minimum atomic E-state index is -3.47. The van der Waals surface area contributed by atoms with Crippen molar-refractivity contribution < 1.29 is 8.42 Å². The van der Waals surface area contributed by atoms with Crippen LogP contribution in [-0.4, -0.2) is 19.5 Å².